The molecule has 12 nitrogen and oxygen atoms in total. The molecule has 2 aliphatic heterocycles. The molecule has 1 aliphatic carbocycles. The molecule has 3 aromatic rings. The number of hydrogen-bond donors (Lipinski definition) is 1. The molecule has 0 radical (unpaired) electrons. The van der Waals surface area contributed by atoms with Crippen LogP contribution in [0.15, 0.2) is 30.6 Å². The van der Waals surface area contributed by atoms with E-state index in [9.17, 15) is 14.4 Å². The van der Waals surface area contributed by atoms with Gasteiger partial charge >= 0.3 is 6.09 Å². The lowest BCUT2D eigenvalue weighted by atomic mass is 10.2. The minimum atomic E-state index is -0.555. The largest absolute Gasteiger partial charge is 0.444 e. The molecule has 2 saturated heterocycles. The van der Waals surface area contributed by atoms with Crippen LogP contribution in [0.3, 0.4) is 0 Å². The van der Waals surface area contributed by atoms with Crippen LogP contribution in [0.25, 0.3) is 11.0 Å². The number of piperazine rings is 1. The van der Waals surface area contributed by atoms with E-state index < -0.39 is 5.60 Å². The number of fused-ring (bicyclic) bond motifs is 3. The lowest BCUT2D eigenvalue weighted by Gasteiger charge is -2.35. The van der Waals surface area contributed by atoms with Crippen LogP contribution in [0.4, 0.5) is 16.6 Å². The summed E-state index contributed by atoms with van der Waals surface area (Å²) in [5.74, 6) is 0.721. The van der Waals surface area contributed by atoms with Gasteiger partial charge in [-0.3, -0.25) is 9.59 Å². The van der Waals surface area contributed by atoms with Crippen LogP contribution in [0.5, 0.6) is 0 Å². The summed E-state index contributed by atoms with van der Waals surface area (Å²) in [6.45, 7) is 6.51. The highest BCUT2D eigenvalue weighted by Gasteiger charge is 2.48. The minimum absolute atomic E-state index is 0.0340. The Bertz CT molecular complexity index is 1520. The van der Waals surface area contributed by atoms with Gasteiger partial charge in [0, 0.05) is 51.0 Å². The molecule has 1 N–H and O–H groups in total. The summed E-state index contributed by atoms with van der Waals surface area (Å²) in [5, 5.41) is 3.97. The number of amides is 3. The SMILES string of the molecule is CN(C)C(=O)c1cc2cnc(Nc3ccc(C(=O)N4C[C@H]5CC4CN5C(=O)OC(C)(C)C)cn3)nc2n1C1CCCC1. The van der Waals surface area contributed by atoms with Crippen LogP contribution >= 0.6 is 0 Å². The van der Waals surface area contributed by atoms with Gasteiger partial charge in [-0.05, 0) is 58.2 Å². The zero-order valence-corrected chi connectivity index (χ0v) is 24.8. The van der Waals surface area contributed by atoms with E-state index in [4.69, 9.17) is 9.72 Å². The van der Waals surface area contributed by atoms with Crippen LogP contribution in [-0.2, 0) is 4.74 Å². The van der Waals surface area contributed by atoms with Crippen LogP contribution in [-0.4, -0.2) is 97.0 Å². The molecule has 3 amide bonds. The van der Waals surface area contributed by atoms with Crippen molar-refractivity contribution in [1.29, 1.82) is 0 Å². The molecule has 12 heteroatoms. The average molecular weight is 575 g/mol. The maximum absolute atomic E-state index is 13.3. The molecule has 5 heterocycles. The minimum Gasteiger partial charge on any atom is -0.444 e. The molecule has 1 unspecified atom stereocenters. The second-order valence-corrected chi connectivity index (χ2v) is 12.7. The Labute approximate surface area is 245 Å². The Hall–Kier alpha value is -4.22. The first-order valence-corrected chi connectivity index (χ1v) is 14.6. The molecule has 0 aromatic carbocycles. The number of nitrogens with zero attached hydrogens (tertiary/aromatic N) is 7. The van der Waals surface area contributed by atoms with Crippen LogP contribution < -0.4 is 5.32 Å². The van der Waals surface area contributed by atoms with Crippen molar-refractivity contribution in [2.24, 2.45) is 0 Å². The standard InChI is InChI=1S/C30H38N8O4/c1-30(2,3)42-29(41)37-17-21-13-22(37)16-36(21)26(39)18-10-11-24(31-14-18)33-28-32-15-19-12-23(27(40)35(4)5)38(25(19)34-28)20-8-6-7-9-20/h10-12,14-15,20-22H,6-9,13,16-17H2,1-5H3,(H,31,32,33,34)/t21?,22-/m1/s1. The molecule has 2 bridgehead atoms. The van der Waals surface area contributed by atoms with E-state index in [1.54, 1.807) is 48.4 Å². The fourth-order valence-electron chi connectivity index (χ4n) is 6.33. The van der Waals surface area contributed by atoms with Gasteiger partial charge in [0.1, 0.15) is 22.8 Å². The first kappa shape index (κ1) is 27.9. The number of pyridine rings is 1. The van der Waals surface area contributed by atoms with Crippen molar-refractivity contribution in [3.05, 3.63) is 41.9 Å². The van der Waals surface area contributed by atoms with Crippen molar-refractivity contribution in [1.82, 2.24) is 34.2 Å². The summed E-state index contributed by atoms with van der Waals surface area (Å²) < 4.78 is 7.60. The first-order chi connectivity index (χ1) is 20.0. The number of nitrogens with one attached hydrogen (secondary N) is 1. The Morgan fingerprint density at radius 2 is 1.69 bits per heavy atom. The fourth-order valence-corrected chi connectivity index (χ4v) is 6.33. The number of carbonyl (C=O) groups excluding carboxylic acids is 3. The van der Waals surface area contributed by atoms with E-state index in [-0.39, 0.29) is 36.0 Å². The van der Waals surface area contributed by atoms with Crippen LogP contribution in [0.2, 0.25) is 0 Å². The molecule has 2 atom stereocenters. The molecule has 3 aromatic heterocycles. The summed E-state index contributed by atoms with van der Waals surface area (Å²) in [7, 11) is 3.51. The normalized spacial score (nSPS) is 20.4. The maximum atomic E-state index is 13.3. The molecular weight excluding hydrogens is 536 g/mol. The lowest BCUT2D eigenvalue weighted by molar-refractivity contribution is 0.0126. The lowest BCUT2D eigenvalue weighted by Crippen LogP contribution is -2.51. The second-order valence-electron chi connectivity index (χ2n) is 12.7. The molecule has 42 heavy (non-hydrogen) atoms. The number of aromatic nitrogens is 4. The van der Waals surface area contributed by atoms with Crippen molar-refractivity contribution < 1.29 is 19.1 Å². The highest BCUT2D eigenvalue weighted by Crippen LogP contribution is 2.35. The third kappa shape index (κ3) is 5.25. The van der Waals surface area contributed by atoms with E-state index in [2.05, 4.69) is 19.9 Å². The van der Waals surface area contributed by atoms with Crippen molar-refractivity contribution in [2.75, 3.05) is 32.5 Å². The predicted octanol–water partition coefficient (Wildman–Crippen LogP) is 4.22. The smallest absolute Gasteiger partial charge is 0.410 e. The van der Waals surface area contributed by atoms with Gasteiger partial charge in [-0.2, -0.15) is 4.98 Å². The van der Waals surface area contributed by atoms with Gasteiger partial charge in [-0.15, -0.1) is 0 Å². The summed E-state index contributed by atoms with van der Waals surface area (Å²) in [6.07, 6.45) is 7.99. The van der Waals surface area contributed by atoms with Gasteiger partial charge in [0.25, 0.3) is 11.8 Å². The van der Waals surface area contributed by atoms with Gasteiger partial charge < -0.3 is 29.3 Å². The van der Waals surface area contributed by atoms with E-state index in [1.165, 1.54) is 0 Å². The van der Waals surface area contributed by atoms with Crippen molar-refractivity contribution in [3.63, 3.8) is 0 Å². The zero-order chi connectivity index (χ0) is 29.8. The molecule has 222 valence electrons. The monoisotopic (exact) mass is 574 g/mol. The number of rotatable bonds is 5. The highest BCUT2D eigenvalue weighted by atomic mass is 16.6. The summed E-state index contributed by atoms with van der Waals surface area (Å²) in [5.41, 5.74) is 1.27. The van der Waals surface area contributed by atoms with Crippen LogP contribution in [0.1, 0.15) is 79.8 Å². The quantitative estimate of drug-likeness (QED) is 0.480. The fraction of sp³-hybridized carbons (Fsp3) is 0.533. The Morgan fingerprint density at radius 1 is 0.976 bits per heavy atom. The number of anilines is 2. The van der Waals surface area contributed by atoms with Gasteiger partial charge in [-0.25, -0.2) is 14.8 Å². The van der Waals surface area contributed by atoms with E-state index in [1.807, 2.05) is 31.7 Å². The summed E-state index contributed by atoms with van der Waals surface area (Å²) in [4.78, 5) is 57.7. The summed E-state index contributed by atoms with van der Waals surface area (Å²) in [6, 6.07) is 5.50. The molecule has 3 aliphatic rings. The van der Waals surface area contributed by atoms with Gasteiger partial charge in [0.15, 0.2) is 0 Å². The van der Waals surface area contributed by atoms with E-state index in [0.717, 1.165) is 43.1 Å². The zero-order valence-electron chi connectivity index (χ0n) is 24.8. The second kappa shape index (κ2) is 10.6. The molecular formula is C30H38N8O4. The van der Waals surface area contributed by atoms with E-state index >= 15 is 0 Å². The summed E-state index contributed by atoms with van der Waals surface area (Å²) >= 11 is 0. The molecule has 0 spiro atoms. The number of carbonyl (C=O) groups is 3. The average Bonchev–Trinajstić information content (AvgIpc) is 3.74. The Balaban J connectivity index is 1.15. The third-order valence-corrected chi connectivity index (χ3v) is 8.27. The van der Waals surface area contributed by atoms with E-state index in [0.29, 0.717) is 36.1 Å². The highest BCUT2D eigenvalue weighted by molar-refractivity contribution is 5.98. The number of hydrogen-bond acceptors (Lipinski definition) is 8. The van der Waals surface area contributed by atoms with Gasteiger partial charge in [0.05, 0.1) is 17.6 Å². The van der Waals surface area contributed by atoms with Gasteiger partial charge in [0.2, 0.25) is 5.95 Å². The third-order valence-electron chi connectivity index (χ3n) is 8.27. The van der Waals surface area contributed by atoms with Crippen molar-refractivity contribution in [3.8, 4) is 0 Å². The Morgan fingerprint density at radius 3 is 2.31 bits per heavy atom. The predicted molar refractivity (Wildman–Crippen MR) is 157 cm³/mol. The van der Waals surface area contributed by atoms with Gasteiger partial charge in [-0.1, -0.05) is 12.8 Å². The topological polar surface area (TPSA) is 126 Å². The molecule has 6 rings (SSSR count). The number of likely N-dealkylation sites (tertiary alicyclic amines) is 2. The first-order valence-electron chi connectivity index (χ1n) is 14.6. The van der Waals surface area contributed by atoms with Crippen molar-refractivity contribution in [2.45, 2.75) is 76.6 Å². The van der Waals surface area contributed by atoms with Crippen LogP contribution in [0, 0.1) is 0 Å². The number of ether oxygens (including phenoxy) is 1. The molecule has 1 saturated carbocycles. The Kier molecular flexibility index (Phi) is 7.02. The maximum Gasteiger partial charge on any atom is 0.410 e. The van der Waals surface area contributed by atoms with Crippen molar-refractivity contribution >= 4 is 40.7 Å². The molecule has 3 fully saturated rings.